The van der Waals surface area contributed by atoms with Crippen molar-refractivity contribution in [2.45, 2.75) is 86.5 Å². The summed E-state index contributed by atoms with van der Waals surface area (Å²) in [6.45, 7) is -0.596. The molecule has 28 heteroatoms. The monoisotopic (exact) mass is 1000 g/mol. The van der Waals surface area contributed by atoms with Crippen LogP contribution >= 0.6 is 11.8 Å². The number of unbranched alkanes of at least 4 members (excludes halogenated alkanes) is 1. The summed E-state index contributed by atoms with van der Waals surface area (Å²) in [6, 6.07) is 3.46. The molecule has 4 saturated heterocycles. The van der Waals surface area contributed by atoms with Crippen LogP contribution in [0.2, 0.25) is 0 Å². The summed E-state index contributed by atoms with van der Waals surface area (Å²) in [5, 5.41) is 90.3. The van der Waals surface area contributed by atoms with E-state index in [-0.39, 0.29) is 120 Å². The molecule has 0 saturated carbocycles. The van der Waals surface area contributed by atoms with Gasteiger partial charge in [-0.15, -0.1) is 0 Å². The number of carbonyl (C=O) groups is 6. The maximum absolute atomic E-state index is 13.5. The van der Waals surface area contributed by atoms with Crippen LogP contribution in [0.15, 0.2) is 18.2 Å². The second kappa shape index (κ2) is 26.2. The summed E-state index contributed by atoms with van der Waals surface area (Å²) in [7, 11) is 1.40. The lowest BCUT2D eigenvalue weighted by Crippen LogP contribution is -2.60. The Morgan fingerprint density at radius 2 is 1.57 bits per heavy atom. The fourth-order valence-electron chi connectivity index (χ4n) is 8.56. The van der Waals surface area contributed by atoms with Crippen molar-refractivity contribution in [1.82, 2.24) is 40.4 Å². The number of carboxylic acids is 3. The molecular formula is C41H63N9O18S. The number of fused-ring (bicyclic) bond motifs is 1. The smallest absolute Gasteiger partial charge is 0.407 e. The lowest BCUT2D eigenvalue weighted by molar-refractivity contribution is -0.387. The molecule has 4 aliphatic rings. The standard InChI is InChI=1S/C41H63N9O18S/c1-45(30(52)5-3-2-4-29-33-25(23-69-29)43-40(62)44-33)37(38(60)61)49-16-14-47(19-31(53)54)12-10-46(11-13-48(15-17-49)20-32(55)56)9-8-42-41(63)66-22-24-6-7-27(26(18-24)50(64)65)67-39-36(59)35(58)34(57)28(21-51)68-39/h6-7,18,25,28-29,33-37,39,51,57-59H,2-5,8-17,19-23H2,1H3,(H,42,63)(H,53,54)(H,55,56)(H,60,61)(H2,43,44,62). The van der Waals surface area contributed by atoms with E-state index < -0.39 is 90.6 Å². The molecule has 4 heterocycles. The zero-order valence-electron chi connectivity index (χ0n) is 38.1. The predicted molar refractivity (Wildman–Crippen MR) is 240 cm³/mol. The first-order valence-corrected chi connectivity index (χ1v) is 23.6. The molecule has 27 nitrogen and oxygen atoms in total. The van der Waals surface area contributed by atoms with E-state index in [1.165, 1.54) is 18.0 Å². The Kier molecular flexibility index (Phi) is 20.8. The Morgan fingerprint density at radius 3 is 2.17 bits per heavy atom. The Labute approximate surface area is 400 Å². The second-order valence-electron chi connectivity index (χ2n) is 17.2. The number of nitrogens with one attached hydrogen (secondary N) is 3. The molecule has 0 aliphatic carbocycles. The van der Waals surface area contributed by atoms with Crippen molar-refractivity contribution in [3.8, 4) is 5.75 Å². The number of aliphatic hydroxyl groups excluding tert-OH is 4. The summed E-state index contributed by atoms with van der Waals surface area (Å²) in [4.78, 5) is 93.6. The normalized spacial score (nSPS) is 26.8. The van der Waals surface area contributed by atoms with Gasteiger partial charge in [-0.05, 0) is 24.5 Å². The number of urea groups is 1. The SMILES string of the molecule is CN(C(=O)CCCCC1SCC2NC(=O)NC21)C(C(=O)O)N1CCN(CC(=O)O)CCN(CCNC(=O)OCc2ccc(OC3OC(CO)C(O)C(O)C3O)c([N+](=O)[O-])c2)CCN(CC(=O)O)CC1. The Morgan fingerprint density at radius 1 is 0.928 bits per heavy atom. The number of likely N-dealkylation sites (N-methyl/N-ethyl adjacent to an activating group) is 1. The molecule has 1 aromatic carbocycles. The molecule has 4 amide bonds. The molecule has 0 bridgehead atoms. The van der Waals surface area contributed by atoms with Crippen LogP contribution in [0.4, 0.5) is 15.3 Å². The quantitative estimate of drug-likeness (QED) is 0.0254. The van der Waals surface area contributed by atoms with Crippen LogP contribution < -0.4 is 20.7 Å². The highest BCUT2D eigenvalue weighted by Gasteiger charge is 2.46. The molecule has 4 aliphatic heterocycles. The summed E-state index contributed by atoms with van der Waals surface area (Å²) >= 11 is 1.76. The third-order valence-corrected chi connectivity index (χ3v) is 13.9. The summed E-state index contributed by atoms with van der Waals surface area (Å²) in [5.74, 6) is -3.54. The molecule has 0 radical (unpaired) electrons. The number of ether oxygens (including phenoxy) is 3. The minimum absolute atomic E-state index is 0.0212. The number of thioether (sulfide) groups is 1. The predicted octanol–water partition coefficient (Wildman–Crippen LogP) is -3.01. The average molecular weight is 1000 g/mol. The summed E-state index contributed by atoms with van der Waals surface area (Å²) < 4.78 is 16.0. The van der Waals surface area contributed by atoms with E-state index in [4.69, 9.17) is 14.2 Å². The van der Waals surface area contributed by atoms with Crippen molar-refractivity contribution in [3.05, 3.63) is 33.9 Å². The second-order valence-corrected chi connectivity index (χ2v) is 18.5. The number of carboxylic acid groups (broad SMARTS) is 3. The molecule has 69 heavy (non-hydrogen) atoms. The van der Waals surface area contributed by atoms with Crippen molar-refractivity contribution in [3.63, 3.8) is 0 Å². The van der Waals surface area contributed by atoms with Crippen LogP contribution in [0.3, 0.4) is 0 Å². The number of nitrogens with zero attached hydrogens (tertiary/aromatic N) is 6. The minimum atomic E-state index is -1.82. The molecule has 4 fully saturated rings. The fraction of sp³-hybridized carbons (Fsp3) is 0.707. The van der Waals surface area contributed by atoms with E-state index in [2.05, 4.69) is 16.0 Å². The molecule has 1 aromatic rings. The highest BCUT2D eigenvalue weighted by molar-refractivity contribution is 8.00. The van der Waals surface area contributed by atoms with Gasteiger partial charge in [0.15, 0.2) is 11.9 Å². The zero-order valence-corrected chi connectivity index (χ0v) is 38.9. The van der Waals surface area contributed by atoms with Gasteiger partial charge in [-0.3, -0.25) is 44.1 Å². The first-order chi connectivity index (χ1) is 32.8. The number of alkyl carbamates (subject to hydrolysis) is 1. The Bertz CT molecular complexity index is 1920. The number of nitro groups is 1. The molecule has 5 rings (SSSR count). The van der Waals surface area contributed by atoms with Crippen LogP contribution in [0.1, 0.15) is 31.2 Å². The van der Waals surface area contributed by atoms with Crippen molar-refractivity contribution in [2.75, 3.05) is 97.9 Å². The molecule has 386 valence electrons. The van der Waals surface area contributed by atoms with Crippen LogP contribution in [0.5, 0.6) is 5.75 Å². The third kappa shape index (κ3) is 15.9. The third-order valence-electron chi connectivity index (χ3n) is 12.4. The van der Waals surface area contributed by atoms with E-state index in [0.29, 0.717) is 12.8 Å². The minimum Gasteiger partial charge on any atom is -0.480 e. The van der Waals surface area contributed by atoms with E-state index in [1.54, 1.807) is 21.6 Å². The van der Waals surface area contributed by atoms with Crippen molar-refractivity contribution in [2.24, 2.45) is 0 Å². The van der Waals surface area contributed by atoms with Crippen molar-refractivity contribution in [1.29, 1.82) is 0 Å². The first-order valence-electron chi connectivity index (χ1n) is 22.5. The van der Waals surface area contributed by atoms with Gasteiger partial charge in [0.05, 0.1) is 36.7 Å². The van der Waals surface area contributed by atoms with Gasteiger partial charge < -0.3 is 70.8 Å². The molecule has 0 spiro atoms. The van der Waals surface area contributed by atoms with Crippen molar-refractivity contribution >= 4 is 53.4 Å². The highest BCUT2D eigenvalue weighted by atomic mass is 32.2. The number of aliphatic hydroxyl groups is 4. The van der Waals surface area contributed by atoms with Gasteiger partial charge in [-0.25, -0.2) is 14.4 Å². The first kappa shape index (κ1) is 54.8. The summed E-state index contributed by atoms with van der Waals surface area (Å²) in [5.41, 5.74) is -0.433. The van der Waals surface area contributed by atoms with Crippen LogP contribution in [-0.4, -0.2) is 253 Å². The number of hydrogen-bond donors (Lipinski definition) is 10. The van der Waals surface area contributed by atoms with Gasteiger partial charge in [-0.1, -0.05) is 12.5 Å². The number of amides is 4. The number of benzene rings is 1. The maximum Gasteiger partial charge on any atom is 0.407 e. The maximum atomic E-state index is 13.5. The Balaban J connectivity index is 1.14. The van der Waals surface area contributed by atoms with E-state index in [1.807, 2.05) is 4.90 Å². The topological polar surface area (TPSA) is 367 Å². The number of carbonyl (C=O) groups excluding carboxylic acids is 3. The van der Waals surface area contributed by atoms with Gasteiger partial charge in [-0.2, -0.15) is 11.8 Å². The largest absolute Gasteiger partial charge is 0.480 e. The van der Waals surface area contributed by atoms with Gasteiger partial charge >= 0.3 is 35.7 Å². The van der Waals surface area contributed by atoms with Crippen molar-refractivity contribution < 1.29 is 83.6 Å². The molecule has 9 atom stereocenters. The van der Waals surface area contributed by atoms with Gasteiger partial charge in [0.1, 0.15) is 31.0 Å². The molecular weight excluding hydrogens is 939 g/mol. The van der Waals surface area contributed by atoms with Crippen LogP contribution in [-0.2, 0) is 35.3 Å². The number of nitro benzene ring substituents is 1. The number of aliphatic carboxylic acids is 3. The summed E-state index contributed by atoms with van der Waals surface area (Å²) in [6.07, 6.45) is -8.55. The number of hydrogen-bond acceptors (Lipinski definition) is 20. The lowest BCUT2D eigenvalue weighted by atomic mass is 9.99. The zero-order chi connectivity index (χ0) is 50.4. The molecule has 0 aromatic heterocycles. The highest BCUT2D eigenvalue weighted by Crippen LogP contribution is 2.34. The number of rotatable bonds is 21. The Hall–Kier alpha value is -5.17. The van der Waals surface area contributed by atoms with Gasteiger partial charge in [0.2, 0.25) is 12.2 Å². The van der Waals surface area contributed by atoms with E-state index >= 15 is 0 Å². The van der Waals surface area contributed by atoms with E-state index in [0.717, 1.165) is 29.2 Å². The lowest BCUT2D eigenvalue weighted by Gasteiger charge is -2.39. The fourth-order valence-corrected chi connectivity index (χ4v) is 10.1. The van der Waals surface area contributed by atoms with Crippen LogP contribution in [0, 0.1) is 10.1 Å². The van der Waals surface area contributed by atoms with Crippen LogP contribution in [0.25, 0.3) is 0 Å². The molecule has 9 unspecified atom stereocenters. The van der Waals surface area contributed by atoms with Gasteiger partial charge in [0, 0.05) is 96.0 Å². The molecule has 10 N–H and O–H groups in total. The van der Waals surface area contributed by atoms with Gasteiger partial charge in [0.25, 0.3) is 0 Å². The van der Waals surface area contributed by atoms with E-state index in [9.17, 15) is 74.6 Å². The average Bonchev–Trinajstić information content (AvgIpc) is 3.86.